The van der Waals surface area contributed by atoms with E-state index in [4.69, 9.17) is 14.2 Å². The molecule has 1 amide bonds. The van der Waals surface area contributed by atoms with Gasteiger partial charge < -0.3 is 24.6 Å². The third-order valence-corrected chi connectivity index (χ3v) is 4.35. The number of amides is 1. The van der Waals surface area contributed by atoms with Gasteiger partial charge in [-0.15, -0.1) is 0 Å². The smallest absolute Gasteiger partial charge is 0.410 e. The Hall–Kier alpha value is -1.76. The van der Waals surface area contributed by atoms with Crippen LogP contribution >= 0.6 is 0 Å². The van der Waals surface area contributed by atoms with Crippen LogP contribution in [-0.2, 0) is 19.0 Å². The summed E-state index contributed by atoms with van der Waals surface area (Å²) in [5.74, 6) is -1.49. The highest BCUT2D eigenvalue weighted by atomic mass is 16.7. The van der Waals surface area contributed by atoms with Crippen molar-refractivity contribution in [3.63, 3.8) is 0 Å². The van der Waals surface area contributed by atoms with Gasteiger partial charge in [0.2, 0.25) is 0 Å². The van der Waals surface area contributed by atoms with Gasteiger partial charge in [-0.2, -0.15) is 0 Å². The lowest BCUT2D eigenvalue weighted by Crippen LogP contribution is -2.44. The summed E-state index contributed by atoms with van der Waals surface area (Å²) in [6.45, 7) is 4.14. The highest BCUT2D eigenvalue weighted by molar-refractivity contribution is 5.87. The Kier molecular flexibility index (Phi) is 2.89. The average Bonchev–Trinajstić information content (AvgIpc) is 2.91. The quantitative estimate of drug-likeness (QED) is 0.745. The first-order valence-electron chi connectivity index (χ1n) is 6.68. The third kappa shape index (κ3) is 1.84. The van der Waals surface area contributed by atoms with Crippen LogP contribution in [0.4, 0.5) is 4.79 Å². The number of rotatable bonds is 3. The first-order chi connectivity index (χ1) is 9.47. The van der Waals surface area contributed by atoms with E-state index in [0.29, 0.717) is 13.0 Å². The summed E-state index contributed by atoms with van der Waals surface area (Å²) in [7, 11) is 0. The molecule has 0 spiro atoms. The molecule has 20 heavy (non-hydrogen) atoms. The van der Waals surface area contributed by atoms with Gasteiger partial charge in [-0.25, -0.2) is 9.59 Å². The summed E-state index contributed by atoms with van der Waals surface area (Å²) in [6.07, 6.45) is 0.449. The molecular formula is C13H17NO6. The molecule has 1 saturated carbocycles. The Morgan fingerprint density at radius 2 is 2.35 bits per heavy atom. The van der Waals surface area contributed by atoms with E-state index in [-0.39, 0.29) is 23.5 Å². The lowest BCUT2D eigenvalue weighted by atomic mass is 9.82. The van der Waals surface area contributed by atoms with Crippen molar-refractivity contribution in [1.29, 1.82) is 0 Å². The van der Waals surface area contributed by atoms with Crippen LogP contribution in [0.3, 0.4) is 0 Å². The fourth-order valence-corrected chi connectivity index (χ4v) is 3.32. The second-order valence-electron chi connectivity index (χ2n) is 5.48. The van der Waals surface area contributed by atoms with E-state index in [1.54, 1.807) is 6.92 Å². The number of nitrogens with one attached hydrogen (secondary N) is 1. The predicted octanol–water partition coefficient (Wildman–Crippen LogP) is 0.851. The number of carbonyl (C=O) groups excluding carboxylic acids is 1. The molecule has 0 aromatic rings. The summed E-state index contributed by atoms with van der Waals surface area (Å²) in [5.41, 5.74) is -0.237. The van der Waals surface area contributed by atoms with Crippen LogP contribution in [0, 0.1) is 11.8 Å². The highest BCUT2D eigenvalue weighted by Crippen LogP contribution is 2.60. The zero-order valence-electron chi connectivity index (χ0n) is 11.3. The van der Waals surface area contributed by atoms with E-state index >= 15 is 0 Å². The zero-order chi connectivity index (χ0) is 14.5. The highest BCUT2D eigenvalue weighted by Gasteiger charge is 2.70. The molecule has 0 unspecified atom stereocenters. The van der Waals surface area contributed by atoms with E-state index in [0.717, 1.165) is 0 Å². The molecule has 0 radical (unpaired) electrons. The molecule has 110 valence electrons. The molecule has 1 aliphatic carbocycles. The molecule has 0 bridgehead atoms. The van der Waals surface area contributed by atoms with E-state index in [9.17, 15) is 14.7 Å². The van der Waals surface area contributed by atoms with Crippen LogP contribution in [-0.4, -0.2) is 41.7 Å². The molecule has 2 aliphatic heterocycles. The lowest BCUT2D eigenvalue weighted by molar-refractivity contribution is -0.148. The first kappa shape index (κ1) is 13.2. The van der Waals surface area contributed by atoms with Gasteiger partial charge in [0.1, 0.15) is 5.60 Å². The Morgan fingerprint density at radius 3 is 3.00 bits per heavy atom. The fraction of sp³-hybridized carbons (Fsp3) is 0.692. The molecule has 1 saturated heterocycles. The molecule has 2 heterocycles. The van der Waals surface area contributed by atoms with Gasteiger partial charge in [0.05, 0.1) is 23.9 Å². The average molecular weight is 283 g/mol. The van der Waals surface area contributed by atoms with Crippen molar-refractivity contribution in [3.8, 4) is 0 Å². The van der Waals surface area contributed by atoms with Crippen LogP contribution < -0.4 is 5.32 Å². The van der Waals surface area contributed by atoms with Crippen LogP contribution in [0.15, 0.2) is 11.8 Å². The number of carbonyl (C=O) groups is 2. The summed E-state index contributed by atoms with van der Waals surface area (Å²) in [6, 6.07) is 0. The minimum atomic E-state index is -0.999. The standard InChI is InChI=1S/C13H17NO6/c1-3-14-12(17)19-11-9-6(4-8-13(9,2)20-8)7(5-18-11)10(15)16/h5-6,8-9,11H,3-4H2,1-2H3,(H,14,17)(H,15,16)/t6-,8+,9+,11+,13+/m1/s1. The normalized spacial score (nSPS) is 40.8. The van der Waals surface area contributed by atoms with Crippen molar-refractivity contribution in [2.24, 2.45) is 11.8 Å². The van der Waals surface area contributed by atoms with Gasteiger partial charge in [-0.3, -0.25) is 0 Å². The summed E-state index contributed by atoms with van der Waals surface area (Å²) < 4.78 is 16.2. The minimum Gasteiger partial charge on any atom is -0.478 e. The maximum atomic E-state index is 11.5. The number of hydrogen-bond donors (Lipinski definition) is 2. The maximum Gasteiger partial charge on any atom is 0.410 e. The van der Waals surface area contributed by atoms with Crippen LogP contribution in [0.2, 0.25) is 0 Å². The lowest BCUT2D eigenvalue weighted by Gasteiger charge is -2.35. The minimum absolute atomic E-state index is 0.0160. The second kappa shape index (κ2) is 4.37. The van der Waals surface area contributed by atoms with Gasteiger partial charge >= 0.3 is 12.1 Å². The number of aliphatic carboxylic acids is 1. The number of fused-ring (bicyclic) bond motifs is 3. The first-order valence-corrected chi connectivity index (χ1v) is 6.68. The second-order valence-corrected chi connectivity index (χ2v) is 5.48. The Balaban J connectivity index is 1.82. The molecule has 7 heteroatoms. The van der Waals surface area contributed by atoms with Gasteiger partial charge in [0.25, 0.3) is 6.29 Å². The van der Waals surface area contributed by atoms with Crippen molar-refractivity contribution in [2.45, 2.75) is 38.3 Å². The SMILES string of the molecule is CCNC(=O)O[C@@H]1OC=C(C(=O)O)[C@H]2C[C@@H]3O[C@]3(C)[C@H]12. The Morgan fingerprint density at radius 1 is 1.60 bits per heavy atom. The largest absolute Gasteiger partial charge is 0.478 e. The van der Waals surface area contributed by atoms with Crippen LogP contribution in [0.1, 0.15) is 20.3 Å². The predicted molar refractivity (Wildman–Crippen MR) is 65.6 cm³/mol. The zero-order valence-corrected chi connectivity index (χ0v) is 11.3. The molecular weight excluding hydrogens is 266 g/mol. The van der Waals surface area contributed by atoms with E-state index in [1.807, 2.05) is 6.92 Å². The van der Waals surface area contributed by atoms with Crippen molar-refractivity contribution in [1.82, 2.24) is 5.32 Å². The summed E-state index contributed by atoms with van der Waals surface area (Å²) >= 11 is 0. The maximum absolute atomic E-state index is 11.5. The van der Waals surface area contributed by atoms with Gasteiger partial charge in [-0.05, 0) is 20.3 Å². The van der Waals surface area contributed by atoms with E-state index < -0.39 is 24.0 Å². The van der Waals surface area contributed by atoms with Crippen molar-refractivity contribution < 1.29 is 28.9 Å². The molecule has 7 nitrogen and oxygen atoms in total. The van der Waals surface area contributed by atoms with Gasteiger partial charge in [0, 0.05) is 12.5 Å². The van der Waals surface area contributed by atoms with E-state index in [1.165, 1.54) is 6.26 Å². The number of epoxide rings is 1. The Bertz CT molecular complexity index is 489. The molecule has 0 aromatic heterocycles. The number of carboxylic acids is 1. The molecule has 2 N–H and O–H groups in total. The molecule has 2 fully saturated rings. The van der Waals surface area contributed by atoms with Crippen molar-refractivity contribution in [3.05, 3.63) is 11.8 Å². The molecule has 3 aliphatic rings. The Labute approximate surface area is 115 Å². The number of hydrogen-bond acceptors (Lipinski definition) is 5. The number of alkyl carbamates (subject to hydrolysis) is 1. The summed E-state index contributed by atoms with van der Waals surface area (Å²) in [4.78, 5) is 22.8. The molecule has 3 rings (SSSR count). The fourth-order valence-electron chi connectivity index (χ4n) is 3.32. The summed E-state index contributed by atoms with van der Waals surface area (Å²) in [5, 5.41) is 11.7. The van der Waals surface area contributed by atoms with Crippen LogP contribution in [0.25, 0.3) is 0 Å². The number of carboxylic acid groups (broad SMARTS) is 1. The topological polar surface area (TPSA) is 97.4 Å². The van der Waals surface area contributed by atoms with Crippen LogP contribution in [0.5, 0.6) is 0 Å². The van der Waals surface area contributed by atoms with Gasteiger partial charge in [0.15, 0.2) is 0 Å². The molecule has 0 aromatic carbocycles. The molecule has 5 atom stereocenters. The monoisotopic (exact) mass is 283 g/mol. The van der Waals surface area contributed by atoms with Crippen molar-refractivity contribution >= 4 is 12.1 Å². The van der Waals surface area contributed by atoms with Gasteiger partial charge in [-0.1, -0.05) is 0 Å². The number of ether oxygens (including phenoxy) is 3. The third-order valence-electron chi connectivity index (χ3n) is 4.35. The van der Waals surface area contributed by atoms with Crippen molar-refractivity contribution in [2.75, 3.05) is 6.54 Å². The van der Waals surface area contributed by atoms with E-state index in [2.05, 4.69) is 5.32 Å².